The van der Waals surface area contributed by atoms with Gasteiger partial charge in [-0.1, -0.05) is 36.4 Å². The van der Waals surface area contributed by atoms with Crippen molar-refractivity contribution in [1.82, 2.24) is 4.13 Å². The smallest absolute Gasteiger partial charge is 0.206 e. The first-order valence-corrected chi connectivity index (χ1v) is 8.27. The minimum absolute atomic E-state index is 0. The Morgan fingerprint density at radius 1 is 0.600 bits per heavy atom. The Bertz CT molecular complexity index is 692. The van der Waals surface area contributed by atoms with Crippen molar-refractivity contribution in [3.05, 3.63) is 60.7 Å². The van der Waals surface area contributed by atoms with Crippen LogP contribution in [-0.4, -0.2) is 68.2 Å². The molecule has 0 aliphatic heterocycles. The first-order valence-electron chi connectivity index (χ1n) is 5.30. The molecule has 0 fully saturated rings. The Morgan fingerprint density at radius 3 is 1.20 bits per heavy atom. The van der Waals surface area contributed by atoms with E-state index in [9.17, 15) is 16.8 Å². The average Bonchev–Trinajstić information content (AvgIpc) is 2.40. The van der Waals surface area contributed by atoms with E-state index in [0.717, 1.165) is 0 Å². The van der Waals surface area contributed by atoms with Crippen molar-refractivity contribution in [3.8, 4) is 0 Å². The van der Waals surface area contributed by atoms with Crippen molar-refractivity contribution in [1.29, 1.82) is 0 Å². The second-order valence-corrected chi connectivity index (χ2v) is 7.34. The van der Waals surface area contributed by atoms with Crippen molar-refractivity contribution in [2.24, 2.45) is 0 Å². The Hall–Kier alpha value is -0.0636. The molecule has 0 amide bonds. The number of nitrogens with one attached hydrogen (secondary N) is 1. The van der Waals surface area contributed by atoms with Gasteiger partial charge in [0.1, 0.15) is 0 Å². The van der Waals surface area contributed by atoms with Crippen LogP contribution >= 0.6 is 0 Å². The third kappa shape index (κ3) is 4.47. The average molecular weight is 336 g/mol. The molecule has 0 saturated heterocycles. The summed E-state index contributed by atoms with van der Waals surface area (Å²) in [6.45, 7) is 0. The summed E-state index contributed by atoms with van der Waals surface area (Å²) in [4.78, 5) is -0.205. The largest absolute Gasteiger partial charge is 0.253 e. The molecule has 0 aromatic heterocycles. The third-order valence-electron chi connectivity index (χ3n) is 2.33. The molecular formula is C12H11KNO4S2. The molecule has 0 atom stereocenters. The number of hydrogen-bond donors (Lipinski definition) is 1. The molecule has 0 spiro atoms. The van der Waals surface area contributed by atoms with Gasteiger partial charge in [-0.25, -0.2) is 16.8 Å². The Morgan fingerprint density at radius 2 is 0.900 bits per heavy atom. The van der Waals surface area contributed by atoms with Gasteiger partial charge in [0.05, 0.1) is 9.79 Å². The first-order chi connectivity index (χ1) is 8.92. The second kappa shape index (κ2) is 7.28. The molecule has 0 heterocycles. The summed E-state index contributed by atoms with van der Waals surface area (Å²) in [7, 11) is -8.21. The molecule has 2 rings (SSSR count). The van der Waals surface area contributed by atoms with E-state index in [0.29, 0.717) is 0 Å². The summed E-state index contributed by atoms with van der Waals surface area (Å²) in [6.07, 6.45) is 0. The van der Waals surface area contributed by atoms with E-state index in [4.69, 9.17) is 0 Å². The van der Waals surface area contributed by atoms with E-state index >= 15 is 0 Å². The van der Waals surface area contributed by atoms with Crippen molar-refractivity contribution >= 4 is 71.4 Å². The van der Waals surface area contributed by atoms with Crippen LogP contribution in [0, 0.1) is 0 Å². The molecule has 8 heteroatoms. The Kier molecular flexibility index (Phi) is 6.54. The fourth-order valence-electron chi connectivity index (χ4n) is 1.44. The number of rotatable bonds is 4. The first kappa shape index (κ1) is 18.0. The summed E-state index contributed by atoms with van der Waals surface area (Å²) >= 11 is 0. The van der Waals surface area contributed by atoms with Gasteiger partial charge in [-0.05, 0) is 24.3 Å². The summed E-state index contributed by atoms with van der Waals surface area (Å²) in [5.41, 5.74) is 0. The standard InChI is InChI=1S/C12H11NO4S2.K/c14-18(15,11-7-3-1-4-8-11)13-19(16,17)12-9-5-2-6-10-12;/h1-10,13H;. The van der Waals surface area contributed by atoms with Gasteiger partial charge >= 0.3 is 0 Å². The minimum Gasteiger partial charge on any atom is -0.206 e. The zero-order valence-corrected chi connectivity index (χ0v) is 15.5. The maximum atomic E-state index is 11.9. The zero-order chi connectivity index (χ0) is 13.9. The quantitative estimate of drug-likeness (QED) is 0.844. The van der Waals surface area contributed by atoms with Gasteiger partial charge < -0.3 is 0 Å². The summed E-state index contributed by atoms with van der Waals surface area (Å²) < 4.78 is 49.4. The molecule has 1 N–H and O–H groups in total. The molecule has 0 unspecified atom stereocenters. The van der Waals surface area contributed by atoms with E-state index in [1.165, 1.54) is 48.5 Å². The summed E-state index contributed by atoms with van der Waals surface area (Å²) in [6, 6.07) is 14.6. The molecule has 2 aromatic rings. The van der Waals surface area contributed by atoms with Crippen LogP contribution in [0.5, 0.6) is 0 Å². The molecule has 5 nitrogen and oxygen atoms in total. The molecule has 2 aromatic carbocycles. The zero-order valence-electron chi connectivity index (χ0n) is 10.7. The van der Waals surface area contributed by atoms with E-state index in [2.05, 4.69) is 0 Å². The second-order valence-electron chi connectivity index (χ2n) is 3.72. The fraction of sp³-hybridized carbons (Fsp3) is 0. The molecular weight excluding hydrogens is 325 g/mol. The predicted molar refractivity (Wildman–Crippen MR) is 76.1 cm³/mol. The molecule has 0 saturated carbocycles. The molecule has 101 valence electrons. The minimum atomic E-state index is -4.10. The fourth-order valence-corrected chi connectivity index (χ4v) is 4.40. The number of benzene rings is 2. The van der Waals surface area contributed by atoms with Crippen molar-refractivity contribution in [2.45, 2.75) is 9.79 Å². The summed E-state index contributed by atoms with van der Waals surface area (Å²) in [5, 5.41) is 0. The maximum Gasteiger partial charge on any atom is 0.253 e. The van der Waals surface area contributed by atoms with Crippen LogP contribution < -0.4 is 4.13 Å². The van der Waals surface area contributed by atoms with Gasteiger partial charge in [0.25, 0.3) is 20.0 Å². The third-order valence-corrected chi connectivity index (χ3v) is 5.87. The van der Waals surface area contributed by atoms with Crippen LogP contribution in [0.1, 0.15) is 0 Å². The summed E-state index contributed by atoms with van der Waals surface area (Å²) in [5.74, 6) is 0. The molecule has 0 aliphatic carbocycles. The topological polar surface area (TPSA) is 80.3 Å². The molecule has 0 bridgehead atoms. The number of hydrogen-bond acceptors (Lipinski definition) is 4. The predicted octanol–water partition coefficient (Wildman–Crippen LogP) is 0.973. The van der Waals surface area contributed by atoms with Crippen LogP contribution in [0.4, 0.5) is 0 Å². The van der Waals surface area contributed by atoms with Gasteiger partial charge in [0.2, 0.25) is 0 Å². The van der Waals surface area contributed by atoms with Crippen LogP contribution in [0.2, 0.25) is 0 Å². The van der Waals surface area contributed by atoms with E-state index in [1.807, 2.05) is 0 Å². The van der Waals surface area contributed by atoms with Crippen LogP contribution in [0.3, 0.4) is 0 Å². The van der Waals surface area contributed by atoms with Gasteiger partial charge in [0, 0.05) is 51.4 Å². The molecule has 20 heavy (non-hydrogen) atoms. The monoisotopic (exact) mass is 336 g/mol. The van der Waals surface area contributed by atoms with Crippen LogP contribution in [-0.2, 0) is 20.0 Å². The van der Waals surface area contributed by atoms with Crippen molar-refractivity contribution in [2.75, 3.05) is 0 Å². The van der Waals surface area contributed by atoms with E-state index in [-0.39, 0.29) is 61.2 Å². The SMILES string of the molecule is O=S(=O)(NS(=O)(=O)c1ccccc1)c1ccccc1.[K]. The van der Waals surface area contributed by atoms with E-state index in [1.54, 1.807) is 16.3 Å². The van der Waals surface area contributed by atoms with Gasteiger partial charge in [-0.2, -0.15) is 0 Å². The maximum absolute atomic E-state index is 11.9. The van der Waals surface area contributed by atoms with Gasteiger partial charge in [-0.15, -0.1) is 4.13 Å². The van der Waals surface area contributed by atoms with Gasteiger partial charge in [0.15, 0.2) is 0 Å². The van der Waals surface area contributed by atoms with Crippen molar-refractivity contribution in [3.63, 3.8) is 0 Å². The molecule has 1 radical (unpaired) electrons. The molecule has 0 aliphatic rings. The van der Waals surface area contributed by atoms with Crippen molar-refractivity contribution < 1.29 is 16.8 Å². The van der Waals surface area contributed by atoms with E-state index < -0.39 is 20.0 Å². The van der Waals surface area contributed by atoms with Crippen LogP contribution in [0.25, 0.3) is 0 Å². The number of sulfonamides is 2. The Labute approximate surface area is 160 Å². The normalized spacial score (nSPS) is 11.6. The Balaban J connectivity index is 0.00000200. The van der Waals surface area contributed by atoms with Gasteiger partial charge in [-0.3, -0.25) is 0 Å². The van der Waals surface area contributed by atoms with Crippen LogP contribution in [0.15, 0.2) is 70.5 Å².